The van der Waals surface area contributed by atoms with Gasteiger partial charge in [0.25, 0.3) is 5.56 Å². The van der Waals surface area contributed by atoms with Crippen LogP contribution < -0.4 is 10.3 Å². The molecular formula is C19H19FN4O3. The van der Waals surface area contributed by atoms with E-state index >= 15 is 0 Å². The van der Waals surface area contributed by atoms with E-state index < -0.39 is 5.82 Å². The van der Waals surface area contributed by atoms with Crippen LogP contribution in [0, 0.1) is 5.82 Å². The maximum Gasteiger partial charge on any atom is 0.278 e. The molecule has 0 aliphatic heterocycles. The van der Waals surface area contributed by atoms with Crippen molar-refractivity contribution in [3.63, 3.8) is 0 Å². The van der Waals surface area contributed by atoms with Crippen molar-refractivity contribution in [3.05, 3.63) is 64.2 Å². The fourth-order valence-corrected chi connectivity index (χ4v) is 2.76. The summed E-state index contributed by atoms with van der Waals surface area (Å²) < 4.78 is 19.8. The topological polar surface area (TPSA) is 77.3 Å². The van der Waals surface area contributed by atoms with Crippen LogP contribution in [0.25, 0.3) is 10.9 Å². The van der Waals surface area contributed by atoms with Gasteiger partial charge in [0, 0.05) is 13.1 Å². The molecule has 3 aromatic rings. The second-order valence-corrected chi connectivity index (χ2v) is 5.95. The standard InChI is InChI=1S/C19H19FN4O3/c1-3-23(11-13-8-9-17(27-2)15(20)10-13)18(25)12-24-19(26)14-6-4-5-7-16(14)21-22-24/h4-10H,3,11-12H2,1-2H3. The van der Waals surface area contributed by atoms with Crippen molar-refractivity contribution in [3.8, 4) is 5.75 Å². The lowest BCUT2D eigenvalue weighted by molar-refractivity contribution is -0.132. The first-order chi connectivity index (χ1) is 13.0. The molecule has 0 bridgehead atoms. The Morgan fingerprint density at radius 2 is 2.04 bits per heavy atom. The van der Waals surface area contributed by atoms with Crippen molar-refractivity contribution in [2.45, 2.75) is 20.0 Å². The van der Waals surface area contributed by atoms with Crippen LogP contribution in [0.1, 0.15) is 12.5 Å². The number of carbonyl (C=O) groups excluding carboxylic acids is 1. The molecule has 0 aliphatic rings. The van der Waals surface area contributed by atoms with Gasteiger partial charge in [-0.05, 0) is 36.8 Å². The quantitative estimate of drug-likeness (QED) is 0.663. The average Bonchev–Trinajstić information content (AvgIpc) is 2.68. The summed E-state index contributed by atoms with van der Waals surface area (Å²) in [7, 11) is 1.39. The number of carbonyl (C=O) groups is 1. The normalized spacial score (nSPS) is 10.8. The number of hydrogen-bond acceptors (Lipinski definition) is 5. The van der Waals surface area contributed by atoms with E-state index in [-0.39, 0.29) is 30.3 Å². The number of likely N-dealkylation sites (N-methyl/N-ethyl adjacent to an activating group) is 1. The van der Waals surface area contributed by atoms with E-state index in [0.717, 1.165) is 4.68 Å². The predicted molar refractivity (Wildman–Crippen MR) is 97.8 cm³/mol. The molecule has 0 saturated heterocycles. The molecule has 0 N–H and O–H groups in total. The molecular weight excluding hydrogens is 351 g/mol. The largest absolute Gasteiger partial charge is 0.494 e. The third-order valence-corrected chi connectivity index (χ3v) is 4.24. The second kappa shape index (κ2) is 7.94. The smallest absolute Gasteiger partial charge is 0.278 e. The van der Waals surface area contributed by atoms with Crippen molar-refractivity contribution in [2.24, 2.45) is 0 Å². The van der Waals surface area contributed by atoms with Crippen molar-refractivity contribution in [1.29, 1.82) is 0 Å². The average molecular weight is 370 g/mol. The molecule has 1 amide bonds. The van der Waals surface area contributed by atoms with E-state index in [2.05, 4.69) is 10.3 Å². The van der Waals surface area contributed by atoms with Crippen LogP contribution in [0.15, 0.2) is 47.3 Å². The van der Waals surface area contributed by atoms with Gasteiger partial charge in [-0.2, -0.15) is 0 Å². The van der Waals surface area contributed by atoms with Crippen LogP contribution >= 0.6 is 0 Å². The van der Waals surface area contributed by atoms with Gasteiger partial charge in [0.15, 0.2) is 11.6 Å². The van der Waals surface area contributed by atoms with E-state index in [1.165, 1.54) is 24.1 Å². The zero-order valence-electron chi connectivity index (χ0n) is 15.1. The highest BCUT2D eigenvalue weighted by atomic mass is 19.1. The Kier molecular flexibility index (Phi) is 5.44. The van der Waals surface area contributed by atoms with Crippen LogP contribution in [-0.4, -0.2) is 39.5 Å². The molecule has 1 heterocycles. The third-order valence-electron chi connectivity index (χ3n) is 4.24. The van der Waals surface area contributed by atoms with E-state index in [1.54, 1.807) is 30.3 Å². The molecule has 0 unspecified atom stereocenters. The van der Waals surface area contributed by atoms with Crippen molar-refractivity contribution in [1.82, 2.24) is 19.9 Å². The first-order valence-corrected chi connectivity index (χ1v) is 8.46. The first-order valence-electron chi connectivity index (χ1n) is 8.46. The number of rotatable bonds is 6. The molecule has 27 heavy (non-hydrogen) atoms. The van der Waals surface area contributed by atoms with Gasteiger partial charge >= 0.3 is 0 Å². The third kappa shape index (κ3) is 3.94. The van der Waals surface area contributed by atoms with Gasteiger partial charge in [-0.15, -0.1) is 5.10 Å². The summed E-state index contributed by atoms with van der Waals surface area (Å²) >= 11 is 0. The van der Waals surface area contributed by atoms with Gasteiger partial charge < -0.3 is 9.64 Å². The zero-order valence-corrected chi connectivity index (χ0v) is 15.1. The highest BCUT2D eigenvalue weighted by molar-refractivity contribution is 5.78. The summed E-state index contributed by atoms with van der Waals surface area (Å²) in [6.45, 7) is 2.20. The Bertz CT molecular complexity index is 1030. The van der Waals surface area contributed by atoms with Gasteiger partial charge in [0.05, 0.1) is 12.5 Å². The summed E-state index contributed by atoms with van der Waals surface area (Å²) in [5.41, 5.74) is 0.730. The number of methoxy groups -OCH3 is 1. The lowest BCUT2D eigenvalue weighted by atomic mass is 10.2. The number of halogens is 1. The summed E-state index contributed by atoms with van der Waals surface area (Å²) in [6, 6.07) is 11.4. The Balaban J connectivity index is 1.78. The molecule has 3 rings (SSSR count). The minimum absolute atomic E-state index is 0.145. The lowest BCUT2D eigenvalue weighted by Crippen LogP contribution is -2.37. The van der Waals surface area contributed by atoms with Gasteiger partial charge in [-0.3, -0.25) is 9.59 Å². The molecule has 0 aliphatic carbocycles. The second-order valence-electron chi connectivity index (χ2n) is 5.95. The molecule has 0 atom stereocenters. The molecule has 0 fully saturated rings. The molecule has 1 aromatic heterocycles. The maximum atomic E-state index is 13.9. The van der Waals surface area contributed by atoms with Crippen LogP contribution in [-0.2, 0) is 17.9 Å². The summed E-state index contributed by atoms with van der Waals surface area (Å²) in [6.07, 6.45) is 0. The number of aromatic nitrogens is 3. The van der Waals surface area contributed by atoms with Gasteiger partial charge in [-0.25, -0.2) is 9.07 Å². The van der Waals surface area contributed by atoms with E-state index in [9.17, 15) is 14.0 Å². The molecule has 7 nitrogen and oxygen atoms in total. The van der Waals surface area contributed by atoms with E-state index in [1.807, 2.05) is 6.92 Å². The monoisotopic (exact) mass is 370 g/mol. The lowest BCUT2D eigenvalue weighted by Gasteiger charge is -2.21. The Labute approximate surface area is 155 Å². The fourth-order valence-electron chi connectivity index (χ4n) is 2.76. The predicted octanol–water partition coefficient (Wildman–Crippen LogP) is 1.99. The number of benzene rings is 2. The number of amides is 1. The SMILES string of the molecule is CCN(Cc1ccc(OC)c(F)c1)C(=O)Cn1nnc2ccccc2c1=O. The number of nitrogens with zero attached hydrogens (tertiary/aromatic N) is 4. The first kappa shape index (κ1) is 18.5. The highest BCUT2D eigenvalue weighted by Gasteiger charge is 2.16. The minimum atomic E-state index is -0.491. The number of fused-ring (bicyclic) bond motifs is 1. The minimum Gasteiger partial charge on any atom is -0.494 e. The Morgan fingerprint density at radius 1 is 1.26 bits per heavy atom. The van der Waals surface area contributed by atoms with Crippen molar-refractivity contribution >= 4 is 16.8 Å². The van der Waals surface area contributed by atoms with Crippen LogP contribution in [0.4, 0.5) is 4.39 Å². The summed E-state index contributed by atoms with van der Waals surface area (Å²) in [4.78, 5) is 26.6. The van der Waals surface area contributed by atoms with Crippen LogP contribution in [0.5, 0.6) is 5.75 Å². The number of ether oxygens (including phenoxy) is 1. The van der Waals surface area contributed by atoms with E-state index in [0.29, 0.717) is 23.0 Å². The van der Waals surface area contributed by atoms with Gasteiger partial charge in [0.2, 0.25) is 5.91 Å². The van der Waals surface area contributed by atoms with Crippen molar-refractivity contribution in [2.75, 3.05) is 13.7 Å². The zero-order chi connectivity index (χ0) is 19.4. The van der Waals surface area contributed by atoms with Crippen LogP contribution in [0.3, 0.4) is 0 Å². The van der Waals surface area contributed by atoms with Gasteiger partial charge in [-0.1, -0.05) is 23.4 Å². The van der Waals surface area contributed by atoms with Gasteiger partial charge in [0.1, 0.15) is 12.1 Å². The number of hydrogen-bond donors (Lipinski definition) is 0. The summed E-state index contributed by atoms with van der Waals surface area (Å²) in [5, 5.41) is 8.21. The molecule has 0 saturated carbocycles. The van der Waals surface area contributed by atoms with E-state index in [4.69, 9.17) is 4.74 Å². The molecule has 8 heteroatoms. The van der Waals surface area contributed by atoms with Crippen LogP contribution in [0.2, 0.25) is 0 Å². The fraction of sp³-hybridized carbons (Fsp3) is 0.263. The molecule has 0 radical (unpaired) electrons. The highest BCUT2D eigenvalue weighted by Crippen LogP contribution is 2.18. The summed E-state index contributed by atoms with van der Waals surface area (Å²) in [5.74, 6) is -0.651. The Hall–Kier alpha value is -3.29. The Morgan fingerprint density at radius 3 is 2.74 bits per heavy atom. The molecule has 140 valence electrons. The van der Waals surface area contributed by atoms with Crippen molar-refractivity contribution < 1.29 is 13.9 Å². The molecule has 0 spiro atoms. The molecule has 2 aromatic carbocycles. The maximum absolute atomic E-state index is 13.9.